The zero-order valence-corrected chi connectivity index (χ0v) is 6.93. The molecule has 5 heteroatoms. The van der Waals surface area contributed by atoms with Crippen molar-refractivity contribution in [3.8, 4) is 0 Å². The van der Waals surface area contributed by atoms with E-state index in [1.54, 1.807) is 0 Å². The average Bonchev–Trinajstić information content (AvgIpc) is 1.90. The molecular formula is C5H10NO3P. The van der Waals surface area contributed by atoms with Crippen LogP contribution in [0.4, 0.5) is 0 Å². The van der Waals surface area contributed by atoms with Crippen LogP contribution in [0.1, 0.15) is 13.8 Å². The van der Waals surface area contributed by atoms with Gasteiger partial charge in [0, 0.05) is 0 Å². The first kappa shape index (κ1) is 9.73. The van der Waals surface area contributed by atoms with Gasteiger partial charge in [0.25, 0.3) is 0 Å². The van der Waals surface area contributed by atoms with Crippen LogP contribution in [-0.2, 0) is 13.8 Å². The number of nitrogens with zero attached hydrogens (tertiary/aromatic N) is 1. The molecule has 0 saturated heterocycles. The van der Waals surface area contributed by atoms with Crippen molar-refractivity contribution in [1.82, 2.24) is 0 Å². The second-order valence-electron chi connectivity index (χ2n) is 1.26. The Balaban J connectivity index is 3.60. The molecular weight excluding hydrogens is 153 g/mol. The molecule has 0 amide bonds. The van der Waals surface area contributed by atoms with E-state index in [1.165, 1.54) is 6.08 Å². The quantitative estimate of drug-likeness (QED) is 0.351. The smallest absolute Gasteiger partial charge is 0.316 e. The molecule has 0 rings (SSSR count). The molecule has 0 bridgehead atoms. The molecule has 0 fully saturated rings. The zero-order chi connectivity index (χ0) is 7.82. The van der Waals surface area contributed by atoms with Crippen LogP contribution in [0, 0.1) is 0 Å². The minimum Gasteiger partial charge on any atom is -0.316 e. The molecule has 0 aromatic heterocycles. The first-order valence-corrected chi connectivity index (χ1v) is 4.11. The van der Waals surface area contributed by atoms with Crippen molar-refractivity contribution in [2.45, 2.75) is 13.8 Å². The van der Waals surface area contributed by atoms with Crippen LogP contribution < -0.4 is 0 Å². The third-order valence-corrected chi connectivity index (χ3v) is 1.80. The van der Waals surface area contributed by atoms with Crippen molar-refractivity contribution in [3.05, 3.63) is 0 Å². The van der Waals surface area contributed by atoms with Crippen LogP contribution in [0.25, 0.3) is 0 Å². The normalized spacial score (nSPS) is 9.50. The molecule has 58 valence electrons. The number of carbonyl (C=O) groups excluding carboxylic acids is 1. The highest BCUT2D eigenvalue weighted by atomic mass is 31.2. The van der Waals surface area contributed by atoms with Crippen LogP contribution in [-0.4, -0.2) is 19.3 Å². The van der Waals surface area contributed by atoms with Gasteiger partial charge < -0.3 is 9.05 Å². The summed E-state index contributed by atoms with van der Waals surface area (Å²) in [6.45, 7) is 4.62. The van der Waals surface area contributed by atoms with Gasteiger partial charge in [0.15, 0.2) is 0 Å². The summed E-state index contributed by atoms with van der Waals surface area (Å²) in [6.07, 6.45) is 1.39. The summed E-state index contributed by atoms with van der Waals surface area (Å²) < 4.78 is 13.2. The number of hydrogen-bond donors (Lipinski definition) is 0. The van der Waals surface area contributed by atoms with E-state index < -0.39 is 8.53 Å². The van der Waals surface area contributed by atoms with Crippen molar-refractivity contribution in [3.63, 3.8) is 0 Å². The van der Waals surface area contributed by atoms with E-state index in [2.05, 4.69) is 4.76 Å². The molecule has 0 atom stereocenters. The Labute approximate surface area is 61.2 Å². The van der Waals surface area contributed by atoms with Gasteiger partial charge in [0.1, 0.15) is 0 Å². The highest BCUT2D eigenvalue weighted by Crippen LogP contribution is 2.38. The van der Waals surface area contributed by atoms with Crippen LogP contribution >= 0.6 is 8.53 Å². The Morgan fingerprint density at radius 3 is 2.20 bits per heavy atom. The summed E-state index contributed by atoms with van der Waals surface area (Å²) in [6, 6.07) is 0. The Bertz CT molecular complexity index is 118. The molecule has 0 aromatic rings. The number of hydrogen-bond acceptors (Lipinski definition) is 4. The number of isocyanates is 1. The number of rotatable bonds is 5. The molecule has 0 spiro atoms. The molecule has 0 N–H and O–H groups in total. The van der Waals surface area contributed by atoms with Gasteiger partial charge in [0.2, 0.25) is 6.08 Å². The van der Waals surface area contributed by atoms with Crippen molar-refractivity contribution in [2.75, 3.05) is 13.2 Å². The van der Waals surface area contributed by atoms with E-state index in [0.717, 1.165) is 0 Å². The molecule has 4 nitrogen and oxygen atoms in total. The minimum absolute atomic E-state index is 0.497. The summed E-state index contributed by atoms with van der Waals surface area (Å²) >= 11 is 0. The fourth-order valence-electron chi connectivity index (χ4n) is 0.349. The lowest BCUT2D eigenvalue weighted by atomic mass is 10.9. The van der Waals surface area contributed by atoms with Crippen molar-refractivity contribution in [2.24, 2.45) is 4.76 Å². The topological polar surface area (TPSA) is 47.9 Å². The van der Waals surface area contributed by atoms with E-state index in [0.29, 0.717) is 13.2 Å². The fourth-order valence-corrected chi connectivity index (χ4v) is 1.05. The van der Waals surface area contributed by atoms with E-state index in [4.69, 9.17) is 9.05 Å². The highest BCUT2D eigenvalue weighted by Gasteiger charge is 2.05. The lowest BCUT2D eigenvalue weighted by Gasteiger charge is -2.06. The Morgan fingerprint density at radius 1 is 1.40 bits per heavy atom. The van der Waals surface area contributed by atoms with Gasteiger partial charge in [-0.15, -0.1) is 4.76 Å². The van der Waals surface area contributed by atoms with Gasteiger partial charge in [0.05, 0.1) is 13.2 Å². The first-order valence-electron chi connectivity index (χ1n) is 2.98. The van der Waals surface area contributed by atoms with Gasteiger partial charge >= 0.3 is 8.53 Å². The summed E-state index contributed by atoms with van der Waals surface area (Å²) in [4.78, 5) is 9.73. The Morgan fingerprint density at radius 2 is 1.90 bits per heavy atom. The molecule has 0 saturated carbocycles. The maximum absolute atomic E-state index is 9.73. The SMILES string of the molecule is CCOP(N=C=O)OCC. The molecule has 0 aliphatic carbocycles. The van der Waals surface area contributed by atoms with E-state index in [-0.39, 0.29) is 0 Å². The van der Waals surface area contributed by atoms with Crippen molar-refractivity contribution >= 4 is 14.6 Å². The largest absolute Gasteiger partial charge is 0.321 e. The van der Waals surface area contributed by atoms with Gasteiger partial charge in [-0.1, -0.05) is 0 Å². The van der Waals surface area contributed by atoms with Crippen LogP contribution in [0.5, 0.6) is 0 Å². The Hall–Kier alpha value is -0.270. The van der Waals surface area contributed by atoms with Gasteiger partial charge in [-0.2, -0.15) is 0 Å². The molecule has 0 aliphatic rings. The van der Waals surface area contributed by atoms with Crippen molar-refractivity contribution < 1.29 is 13.8 Å². The first-order chi connectivity index (χ1) is 4.85. The summed E-state index contributed by atoms with van der Waals surface area (Å²) in [7, 11) is -1.36. The van der Waals surface area contributed by atoms with Crippen LogP contribution in [0.3, 0.4) is 0 Å². The summed E-state index contributed by atoms with van der Waals surface area (Å²) in [5.74, 6) is 0. The summed E-state index contributed by atoms with van der Waals surface area (Å²) in [5.41, 5.74) is 0. The highest BCUT2D eigenvalue weighted by molar-refractivity contribution is 7.45. The monoisotopic (exact) mass is 163 g/mol. The Kier molecular flexibility index (Phi) is 6.66. The molecule has 0 radical (unpaired) electrons. The summed E-state index contributed by atoms with van der Waals surface area (Å²) in [5, 5.41) is 0. The lowest BCUT2D eigenvalue weighted by molar-refractivity contribution is 0.270. The second-order valence-corrected chi connectivity index (χ2v) is 2.46. The fraction of sp³-hybridized carbons (Fsp3) is 0.800. The molecule has 0 aliphatic heterocycles. The predicted molar refractivity (Wildman–Crippen MR) is 38.3 cm³/mol. The van der Waals surface area contributed by atoms with Gasteiger partial charge in [-0.3, -0.25) is 0 Å². The predicted octanol–water partition coefficient (Wildman–Crippen LogP) is 1.62. The van der Waals surface area contributed by atoms with Gasteiger partial charge in [-0.25, -0.2) is 4.79 Å². The molecule has 0 unspecified atom stereocenters. The van der Waals surface area contributed by atoms with Crippen molar-refractivity contribution in [1.29, 1.82) is 0 Å². The molecule has 0 aromatic carbocycles. The third kappa shape index (κ3) is 4.59. The van der Waals surface area contributed by atoms with Crippen LogP contribution in [0.15, 0.2) is 4.76 Å². The second kappa shape index (κ2) is 6.84. The molecule has 0 heterocycles. The van der Waals surface area contributed by atoms with E-state index >= 15 is 0 Å². The minimum atomic E-state index is -1.36. The maximum atomic E-state index is 9.73. The molecule has 10 heavy (non-hydrogen) atoms. The lowest BCUT2D eigenvalue weighted by Crippen LogP contribution is -1.87. The average molecular weight is 163 g/mol. The van der Waals surface area contributed by atoms with E-state index in [1.807, 2.05) is 13.8 Å². The van der Waals surface area contributed by atoms with Crippen LogP contribution in [0.2, 0.25) is 0 Å². The van der Waals surface area contributed by atoms with E-state index in [9.17, 15) is 4.79 Å². The maximum Gasteiger partial charge on any atom is 0.321 e. The van der Waals surface area contributed by atoms with Gasteiger partial charge in [-0.05, 0) is 13.8 Å². The third-order valence-electron chi connectivity index (χ3n) is 0.602. The standard InChI is InChI=1S/C5H10NO3P/c1-3-8-10(6-5-7)9-4-2/h3-4H2,1-2H3. The zero-order valence-electron chi connectivity index (χ0n) is 6.03.